The van der Waals surface area contributed by atoms with Crippen LogP contribution in [0.2, 0.25) is 0 Å². The van der Waals surface area contributed by atoms with Crippen LogP contribution >= 0.6 is 0 Å². The fraction of sp³-hybridized carbons (Fsp3) is 0.227. The Morgan fingerprint density at radius 2 is 1.79 bits per heavy atom. The predicted molar refractivity (Wildman–Crippen MR) is 109 cm³/mol. The third kappa shape index (κ3) is 2.95. The van der Waals surface area contributed by atoms with Crippen molar-refractivity contribution in [3.8, 4) is 22.4 Å². The maximum absolute atomic E-state index is 12.3. The number of nitrogens with zero attached hydrogens (tertiary/aromatic N) is 2. The molecule has 4 aromatic rings. The molecule has 1 aromatic carbocycles. The number of aryl methyl sites for hydroxylation is 3. The zero-order valence-electron chi connectivity index (χ0n) is 17.0. The molecule has 29 heavy (non-hydrogen) atoms. The van der Waals surface area contributed by atoms with Crippen LogP contribution in [-0.2, 0) is 18.8 Å². The topological polar surface area (TPSA) is 81.1 Å². The molecule has 3 aromatic heterocycles. The average molecular weight is 392 g/mol. The van der Waals surface area contributed by atoms with E-state index in [9.17, 15) is 9.59 Å². The van der Waals surface area contributed by atoms with Crippen molar-refractivity contribution in [1.82, 2.24) is 9.72 Å². The van der Waals surface area contributed by atoms with Crippen molar-refractivity contribution in [3.05, 3.63) is 63.9 Å². The van der Waals surface area contributed by atoms with Gasteiger partial charge in [-0.05, 0) is 24.1 Å². The van der Waals surface area contributed by atoms with Gasteiger partial charge in [-0.1, -0.05) is 24.3 Å². The molecule has 0 saturated carbocycles. The summed E-state index contributed by atoms with van der Waals surface area (Å²) >= 11 is 0. The van der Waals surface area contributed by atoms with Crippen LogP contribution in [0.15, 0.2) is 45.7 Å². The summed E-state index contributed by atoms with van der Waals surface area (Å²) in [5, 5.41) is 0.930. The van der Waals surface area contributed by atoms with Gasteiger partial charge in [0.15, 0.2) is 5.69 Å². The minimum atomic E-state index is -0.392. The number of aromatic nitrogens is 3. The summed E-state index contributed by atoms with van der Waals surface area (Å²) in [5.41, 5.74) is 5.17. The molecule has 1 N–H and O–H groups in total. The second-order valence-electron chi connectivity index (χ2n) is 7.10. The Hall–Kier alpha value is -3.61. The molecule has 0 saturated heterocycles. The molecular weight excluding hydrogens is 370 g/mol. The number of carbonyl (C=O) groups is 1. The van der Waals surface area contributed by atoms with Gasteiger partial charge in [-0.2, -0.15) is 9.31 Å². The second kappa shape index (κ2) is 6.77. The van der Waals surface area contributed by atoms with Crippen LogP contribution in [0.4, 0.5) is 0 Å². The van der Waals surface area contributed by atoms with Gasteiger partial charge in [-0.3, -0.25) is 4.79 Å². The van der Waals surface area contributed by atoms with E-state index in [1.807, 2.05) is 54.9 Å². The fourth-order valence-corrected chi connectivity index (χ4v) is 3.68. The first-order valence-electron chi connectivity index (χ1n) is 9.20. The lowest BCUT2D eigenvalue weighted by Crippen LogP contribution is -2.39. The van der Waals surface area contributed by atoms with Crippen molar-refractivity contribution in [1.29, 1.82) is 0 Å². The normalized spacial score (nSPS) is 11.2. The highest BCUT2D eigenvalue weighted by Gasteiger charge is 2.26. The van der Waals surface area contributed by atoms with Crippen LogP contribution in [-0.4, -0.2) is 22.8 Å². The molecule has 0 aliphatic carbocycles. The summed E-state index contributed by atoms with van der Waals surface area (Å²) in [6.45, 7) is 3.72. The van der Waals surface area contributed by atoms with Gasteiger partial charge < -0.3 is 14.2 Å². The lowest BCUT2D eigenvalue weighted by molar-refractivity contribution is -0.678. The minimum Gasteiger partial charge on any atom is -0.461 e. The Kier molecular flexibility index (Phi) is 4.38. The number of nitrogens with one attached hydrogen (secondary N) is 1. The lowest BCUT2D eigenvalue weighted by atomic mass is 10.0. The van der Waals surface area contributed by atoms with E-state index in [0.717, 1.165) is 33.4 Å². The monoisotopic (exact) mass is 392 g/mol. The van der Waals surface area contributed by atoms with Gasteiger partial charge in [0.1, 0.15) is 18.3 Å². The predicted octanol–water partition coefficient (Wildman–Crippen LogP) is 3.02. The molecule has 0 spiro atoms. The maximum atomic E-state index is 12.3. The summed E-state index contributed by atoms with van der Waals surface area (Å²) in [5.74, 6) is 0.192. The summed E-state index contributed by atoms with van der Waals surface area (Å²) in [7, 11) is 4.81. The van der Waals surface area contributed by atoms with Crippen molar-refractivity contribution in [2.45, 2.75) is 13.8 Å². The van der Waals surface area contributed by atoms with E-state index in [2.05, 4.69) is 4.98 Å². The molecule has 0 amide bonds. The summed E-state index contributed by atoms with van der Waals surface area (Å²) in [6.07, 6.45) is 0. The van der Waals surface area contributed by atoms with Crippen molar-refractivity contribution in [2.24, 2.45) is 14.1 Å². The molecular formula is C22H22N3O4+. The van der Waals surface area contributed by atoms with E-state index in [0.29, 0.717) is 17.0 Å². The molecule has 0 bridgehead atoms. The van der Waals surface area contributed by atoms with Gasteiger partial charge in [-0.15, -0.1) is 0 Å². The first-order chi connectivity index (χ1) is 13.8. The SMILES string of the molecule is COC(=O)c1c2[nH]c(-c3ccc(-c4c(C)on(C)c4=O)cc3)cc2cc(C)[n+]1C. The van der Waals surface area contributed by atoms with Crippen LogP contribution in [0.5, 0.6) is 0 Å². The number of ether oxygens (including phenoxy) is 1. The highest BCUT2D eigenvalue weighted by atomic mass is 16.5. The lowest BCUT2D eigenvalue weighted by Gasteiger charge is -2.02. The molecule has 0 unspecified atom stereocenters. The van der Waals surface area contributed by atoms with Crippen molar-refractivity contribution >= 4 is 16.9 Å². The Labute approximate surface area is 167 Å². The molecule has 7 heteroatoms. The number of H-pyrrole nitrogens is 1. The Bertz CT molecular complexity index is 1310. The number of aromatic amines is 1. The fourth-order valence-electron chi connectivity index (χ4n) is 3.68. The number of pyridine rings is 1. The van der Waals surface area contributed by atoms with E-state index >= 15 is 0 Å². The Balaban J connectivity index is 1.81. The zero-order chi connectivity index (χ0) is 20.9. The van der Waals surface area contributed by atoms with Gasteiger partial charge in [-0.25, -0.2) is 4.79 Å². The molecule has 4 rings (SSSR count). The quantitative estimate of drug-likeness (QED) is 0.429. The molecule has 0 fully saturated rings. The van der Waals surface area contributed by atoms with E-state index < -0.39 is 5.97 Å². The van der Waals surface area contributed by atoms with E-state index in [1.165, 1.54) is 11.8 Å². The largest absolute Gasteiger partial charge is 0.461 e. The summed E-state index contributed by atoms with van der Waals surface area (Å²) in [6, 6.07) is 11.7. The number of carbonyl (C=O) groups excluding carboxylic acids is 1. The molecule has 0 aliphatic rings. The van der Waals surface area contributed by atoms with E-state index in [-0.39, 0.29) is 5.56 Å². The van der Waals surface area contributed by atoms with Crippen LogP contribution in [0.25, 0.3) is 33.3 Å². The molecule has 0 atom stereocenters. The zero-order valence-corrected chi connectivity index (χ0v) is 17.0. The number of hydrogen-bond acceptors (Lipinski definition) is 4. The smallest absolute Gasteiger partial charge is 0.405 e. The Morgan fingerprint density at radius 1 is 1.14 bits per heavy atom. The number of methoxy groups -OCH3 is 1. The second-order valence-corrected chi connectivity index (χ2v) is 7.10. The summed E-state index contributed by atoms with van der Waals surface area (Å²) < 4.78 is 13.4. The average Bonchev–Trinajstić information content (AvgIpc) is 3.22. The van der Waals surface area contributed by atoms with E-state index in [4.69, 9.17) is 9.26 Å². The number of hydrogen-bond donors (Lipinski definition) is 1. The van der Waals surface area contributed by atoms with Crippen molar-refractivity contribution < 1.29 is 18.6 Å². The van der Waals surface area contributed by atoms with Gasteiger partial charge >= 0.3 is 11.7 Å². The maximum Gasteiger partial charge on any atom is 0.405 e. The van der Waals surface area contributed by atoms with Crippen LogP contribution in [0, 0.1) is 13.8 Å². The molecule has 0 aliphatic heterocycles. The van der Waals surface area contributed by atoms with Crippen LogP contribution in [0.3, 0.4) is 0 Å². The number of benzene rings is 1. The van der Waals surface area contributed by atoms with Crippen LogP contribution < -0.4 is 10.1 Å². The third-order valence-corrected chi connectivity index (χ3v) is 5.30. The Morgan fingerprint density at radius 3 is 2.38 bits per heavy atom. The number of fused-ring (bicyclic) bond motifs is 1. The van der Waals surface area contributed by atoms with Gasteiger partial charge in [0.25, 0.3) is 5.56 Å². The molecule has 7 nitrogen and oxygen atoms in total. The van der Waals surface area contributed by atoms with Crippen molar-refractivity contribution in [3.63, 3.8) is 0 Å². The first-order valence-corrected chi connectivity index (χ1v) is 9.20. The number of esters is 1. The summed E-state index contributed by atoms with van der Waals surface area (Å²) in [4.78, 5) is 27.9. The van der Waals surface area contributed by atoms with Gasteiger partial charge in [0.05, 0.1) is 12.7 Å². The third-order valence-electron chi connectivity index (χ3n) is 5.30. The molecule has 0 radical (unpaired) electrons. The molecule has 148 valence electrons. The van der Waals surface area contributed by atoms with E-state index in [1.54, 1.807) is 14.0 Å². The number of rotatable bonds is 3. The highest BCUT2D eigenvalue weighted by Crippen LogP contribution is 2.28. The van der Waals surface area contributed by atoms with Gasteiger partial charge in [0.2, 0.25) is 0 Å². The first kappa shape index (κ1) is 18.7. The standard InChI is InChI=1S/C22H21N3O4/c1-12-10-16-11-17(23-19(16)20(24(12)3)22(27)28-5)14-6-8-15(9-7-14)18-13(2)29-25(4)21(18)26/h6-11H,1-5H3/p+1. The highest BCUT2D eigenvalue weighted by molar-refractivity contribution is 6.01. The molecule has 3 heterocycles. The van der Waals surface area contributed by atoms with Crippen molar-refractivity contribution in [2.75, 3.05) is 7.11 Å². The minimum absolute atomic E-state index is 0.161. The van der Waals surface area contributed by atoms with Gasteiger partial charge in [0, 0.05) is 31.1 Å². The van der Waals surface area contributed by atoms with Crippen LogP contribution in [0.1, 0.15) is 21.9 Å².